The predicted molar refractivity (Wildman–Crippen MR) is 180 cm³/mol. The summed E-state index contributed by atoms with van der Waals surface area (Å²) >= 11 is 0. The summed E-state index contributed by atoms with van der Waals surface area (Å²) in [6, 6.07) is 25.3. The number of nitrogens with one attached hydrogen (secondary N) is 2. The van der Waals surface area contributed by atoms with Gasteiger partial charge in [0.1, 0.15) is 18.7 Å². The zero-order valence-corrected chi connectivity index (χ0v) is 27.5. The first-order chi connectivity index (χ1) is 22.7. The standard InChI is InChI=1S/C37H44N4O6/c1-37(2,3)36(44)39-31(25-46-23-26-12-7-5-8-13-26)34(42)38-29-17-18-32-28(22-29)19-21-41(32)33(27-14-9-6-10-15-27)35(43)40-20-11-16-30(40)24-47-45-4/h5-10,12-15,17-19,21-22,30-31,33H,11,16,20,23-25H2,1-4H3,(H,38,42)(H,39,44)/t30?,31-,33?/m1/s1. The van der Waals surface area contributed by atoms with Gasteiger partial charge in [0.15, 0.2) is 0 Å². The minimum atomic E-state index is -0.902. The first-order valence-corrected chi connectivity index (χ1v) is 16.0. The number of likely N-dealkylation sites (tertiary alicyclic amines) is 1. The van der Waals surface area contributed by atoms with Gasteiger partial charge in [-0.2, -0.15) is 0 Å². The van der Waals surface area contributed by atoms with Crippen molar-refractivity contribution < 1.29 is 28.9 Å². The summed E-state index contributed by atoms with van der Waals surface area (Å²) in [5.74, 6) is -0.648. The molecule has 1 saturated heterocycles. The van der Waals surface area contributed by atoms with Gasteiger partial charge < -0.3 is 24.8 Å². The fourth-order valence-corrected chi connectivity index (χ4v) is 5.78. The first-order valence-electron chi connectivity index (χ1n) is 16.0. The second kappa shape index (κ2) is 15.4. The number of nitrogens with zero attached hydrogens (tertiary/aromatic N) is 2. The Labute approximate surface area is 275 Å². The number of benzene rings is 3. The summed E-state index contributed by atoms with van der Waals surface area (Å²) < 4.78 is 7.84. The second-order valence-corrected chi connectivity index (χ2v) is 12.9. The van der Waals surface area contributed by atoms with Crippen molar-refractivity contribution in [1.29, 1.82) is 0 Å². The molecule has 1 aliphatic heterocycles. The lowest BCUT2D eigenvalue weighted by atomic mass is 9.95. The Balaban J connectivity index is 1.36. The molecule has 3 atom stereocenters. The van der Waals surface area contributed by atoms with Gasteiger partial charge in [0.25, 0.3) is 5.91 Å². The van der Waals surface area contributed by atoms with Gasteiger partial charge in [0.05, 0.1) is 26.4 Å². The molecule has 0 radical (unpaired) electrons. The largest absolute Gasteiger partial charge is 0.374 e. The van der Waals surface area contributed by atoms with Crippen LogP contribution >= 0.6 is 0 Å². The molecule has 0 saturated carbocycles. The van der Waals surface area contributed by atoms with Gasteiger partial charge in [-0.3, -0.25) is 14.4 Å². The lowest BCUT2D eigenvalue weighted by molar-refractivity contribution is -0.278. The smallest absolute Gasteiger partial charge is 0.250 e. The monoisotopic (exact) mass is 640 g/mol. The number of rotatable bonds is 13. The third-order valence-corrected chi connectivity index (χ3v) is 8.35. The van der Waals surface area contributed by atoms with Crippen LogP contribution in [0.4, 0.5) is 5.69 Å². The van der Waals surface area contributed by atoms with Crippen LogP contribution in [0.1, 0.15) is 50.8 Å². The molecule has 2 unspecified atom stereocenters. The molecule has 2 N–H and O–H groups in total. The maximum absolute atomic E-state index is 14.2. The summed E-state index contributed by atoms with van der Waals surface area (Å²) in [5.41, 5.74) is 2.58. The molecule has 10 nitrogen and oxygen atoms in total. The highest BCUT2D eigenvalue weighted by Crippen LogP contribution is 2.31. The molecule has 47 heavy (non-hydrogen) atoms. The molecule has 3 aromatic carbocycles. The molecule has 1 aromatic heterocycles. The van der Waals surface area contributed by atoms with E-state index in [4.69, 9.17) is 14.5 Å². The Bertz CT molecular complexity index is 1650. The Hall–Kier alpha value is -4.51. The Kier molecular flexibility index (Phi) is 11.1. The van der Waals surface area contributed by atoms with E-state index in [0.717, 1.165) is 34.9 Å². The second-order valence-electron chi connectivity index (χ2n) is 12.9. The highest BCUT2D eigenvalue weighted by molar-refractivity contribution is 5.99. The minimum Gasteiger partial charge on any atom is -0.374 e. The summed E-state index contributed by atoms with van der Waals surface area (Å²) in [6.45, 7) is 6.68. The highest BCUT2D eigenvalue weighted by atomic mass is 17.2. The van der Waals surface area contributed by atoms with Crippen molar-refractivity contribution in [1.82, 2.24) is 14.8 Å². The van der Waals surface area contributed by atoms with Gasteiger partial charge in [-0.25, -0.2) is 9.78 Å². The molecule has 0 spiro atoms. The van der Waals surface area contributed by atoms with Crippen molar-refractivity contribution in [2.24, 2.45) is 5.41 Å². The van der Waals surface area contributed by atoms with Crippen LogP contribution in [0.15, 0.2) is 91.1 Å². The number of carbonyl (C=O) groups is 3. The van der Waals surface area contributed by atoms with Crippen LogP contribution in [0.5, 0.6) is 0 Å². The molecule has 1 aliphatic rings. The molecule has 0 bridgehead atoms. The van der Waals surface area contributed by atoms with Gasteiger partial charge in [0.2, 0.25) is 11.8 Å². The number of aromatic nitrogens is 1. The Morgan fingerprint density at radius 3 is 2.38 bits per heavy atom. The molecule has 1 fully saturated rings. The molecule has 4 aromatic rings. The van der Waals surface area contributed by atoms with Crippen molar-refractivity contribution >= 4 is 34.3 Å². The number of hydrogen-bond acceptors (Lipinski definition) is 6. The molecule has 3 amide bonds. The average Bonchev–Trinajstić information content (AvgIpc) is 3.71. The zero-order chi connectivity index (χ0) is 33.4. The fraction of sp³-hybridized carbons (Fsp3) is 0.378. The lowest BCUT2D eigenvalue weighted by Gasteiger charge is -2.30. The SMILES string of the molecule is COOCC1CCCN1C(=O)C(c1ccccc1)n1ccc2cc(NC(=O)[C@@H](COCc3ccccc3)NC(=O)C(C)(C)C)ccc21. The van der Waals surface area contributed by atoms with E-state index in [9.17, 15) is 14.4 Å². The quantitative estimate of drug-likeness (QED) is 0.148. The fourth-order valence-electron chi connectivity index (χ4n) is 5.78. The third kappa shape index (κ3) is 8.45. The van der Waals surface area contributed by atoms with Crippen molar-refractivity contribution in [3.8, 4) is 0 Å². The van der Waals surface area contributed by atoms with Gasteiger partial charge in [-0.15, -0.1) is 0 Å². The Morgan fingerprint density at radius 1 is 0.957 bits per heavy atom. The molecule has 248 valence electrons. The Morgan fingerprint density at radius 2 is 1.68 bits per heavy atom. The number of ether oxygens (including phenoxy) is 1. The summed E-state index contributed by atoms with van der Waals surface area (Å²) in [4.78, 5) is 52.5. The van der Waals surface area contributed by atoms with Gasteiger partial charge in [-0.05, 0) is 48.2 Å². The molecular weight excluding hydrogens is 596 g/mol. The van der Waals surface area contributed by atoms with Crippen LogP contribution in [-0.4, -0.2) is 66.1 Å². The van der Waals surface area contributed by atoms with E-state index in [0.29, 0.717) is 25.4 Å². The zero-order valence-electron chi connectivity index (χ0n) is 27.5. The minimum absolute atomic E-state index is 0.00888. The predicted octanol–water partition coefficient (Wildman–Crippen LogP) is 5.49. The van der Waals surface area contributed by atoms with E-state index in [1.54, 1.807) is 20.8 Å². The van der Waals surface area contributed by atoms with E-state index in [1.165, 1.54) is 7.11 Å². The van der Waals surface area contributed by atoms with Crippen LogP contribution in [0.25, 0.3) is 10.9 Å². The average molecular weight is 641 g/mol. The maximum atomic E-state index is 14.2. The molecule has 0 aliphatic carbocycles. The van der Waals surface area contributed by atoms with Gasteiger partial charge >= 0.3 is 0 Å². The first kappa shape index (κ1) is 33.8. The summed E-state index contributed by atoms with van der Waals surface area (Å²) in [5, 5.41) is 6.67. The van der Waals surface area contributed by atoms with Crippen molar-refractivity contribution in [2.75, 3.05) is 32.2 Å². The number of hydrogen-bond donors (Lipinski definition) is 2. The molecule has 2 heterocycles. The third-order valence-electron chi connectivity index (χ3n) is 8.35. The van der Waals surface area contributed by atoms with E-state index >= 15 is 0 Å². The summed E-state index contributed by atoms with van der Waals surface area (Å²) in [6.07, 6.45) is 3.65. The lowest BCUT2D eigenvalue weighted by Crippen LogP contribution is -2.50. The maximum Gasteiger partial charge on any atom is 0.250 e. The van der Waals surface area contributed by atoms with Gasteiger partial charge in [0, 0.05) is 34.7 Å². The van der Waals surface area contributed by atoms with Crippen molar-refractivity contribution in [3.63, 3.8) is 0 Å². The number of carbonyl (C=O) groups excluding carboxylic acids is 3. The van der Waals surface area contributed by atoms with Crippen molar-refractivity contribution in [2.45, 2.75) is 58.3 Å². The number of anilines is 1. The van der Waals surface area contributed by atoms with E-state index in [2.05, 4.69) is 10.6 Å². The van der Waals surface area contributed by atoms with Gasteiger partial charge in [-0.1, -0.05) is 81.4 Å². The molecular formula is C37H44N4O6. The highest BCUT2D eigenvalue weighted by Gasteiger charge is 2.35. The molecule has 5 rings (SSSR count). The van der Waals surface area contributed by atoms with E-state index in [1.807, 2.05) is 101 Å². The van der Waals surface area contributed by atoms with Crippen LogP contribution in [0.2, 0.25) is 0 Å². The van der Waals surface area contributed by atoms with Crippen LogP contribution < -0.4 is 10.6 Å². The van der Waals surface area contributed by atoms with Crippen LogP contribution in [0, 0.1) is 5.41 Å². The summed E-state index contributed by atoms with van der Waals surface area (Å²) in [7, 11) is 1.47. The topological polar surface area (TPSA) is 111 Å². The molecule has 10 heteroatoms. The van der Waals surface area contributed by atoms with Crippen molar-refractivity contribution in [3.05, 3.63) is 102 Å². The number of fused-ring (bicyclic) bond motifs is 1. The van der Waals surface area contributed by atoms with Crippen LogP contribution in [0.3, 0.4) is 0 Å². The van der Waals surface area contributed by atoms with E-state index < -0.39 is 17.5 Å². The number of amides is 3. The van der Waals surface area contributed by atoms with E-state index in [-0.39, 0.29) is 30.4 Å². The van der Waals surface area contributed by atoms with Crippen LogP contribution in [-0.2, 0) is 35.5 Å². The normalized spacial score (nSPS) is 16.2.